The van der Waals surface area contributed by atoms with Gasteiger partial charge in [0.2, 0.25) is 5.78 Å². The Labute approximate surface area is 132 Å². The molecule has 1 aromatic heterocycles. The van der Waals surface area contributed by atoms with Gasteiger partial charge in [-0.3, -0.25) is 9.48 Å². The third-order valence-corrected chi connectivity index (χ3v) is 3.68. The minimum Gasteiger partial charge on any atom is -0.496 e. The molecule has 0 amide bonds. The van der Waals surface area contributed by atoms with E-state index < -0.39 is 0 Å². The van der Waals surface area contributed by atoms with Crippen LogP contribution >= 0.6 is 15.9 Å². The average molecular weight is 353 g/mol. The van der Waals surface area contributed by atoms with Gasteiger partial charge in [0.15, 0.2) is 0 Å². The van der Waals surface area contributed by atoms with Crippen LogP contribution < -0.4 is 9.47 Å². The Kier molecular flexibility index (Phi) is 5.01. The largest absolute Gasteiger partial charge is 0.496 e. The summed E-state index contributed by atoms with van der Waals surface area (Å²) in [4.78, 5) is 12.9. The molecule has 1 aromatic carbocycles. The molecule has 2 aromatic rings. The first-order valence-corrected chi connectivity index (χ1v) is 7.40. The predicted octanol–water partition coefficient (Wildman–Crippen LogP) is 3.30. The first kappa shape index (κ1) is 15.6. The second-order valence-corrected chi connectivity index (χ2v) is 5.29. The predicted molar refractivity (Wildman–Crippen MR) is 83.2 cm³/mol. The van der Waals surface area contributed by atoms with Crippen molar-refractivity contribution in [1.82, 2.24) is 9.78 Å². The molecule has 0 saturated carbocycles. The van der Waals surface area contributed by atoms with Gasteiger partial charge in [0.25, 0.3) is 0 Å². The lowest BCUT2D eigenvalue weighted by Gasteiger charge is -2.13. The Morgan fingerprint density at radius 1 is 1.29 bits per heavy atom. The fourth-order valence-electron chi connectivity index (χ4n) is 2.16. The standard InChI is InChI=1S/C15H17BrN2O3/c1-4-8-18-14(10(16)9-17-18)15(19)13-11(20-2)6-5-7-12(13)21-3/h5-7,9H,4,8H2,1-3H3. The number of ketones is 1. The maximum atomic E-state index is 12.9. The van der Waals surface area contributed by atoms with Gasteiger partial charge in [0.05, 0.1) is 24.9 Å². The summed E-state index contributed by atoms with van der Waals surface area (Å²) in [6, 6.07) is 5.27. The highest BCUT2D eigenvalue weighted by molar-refractivity contribution is 9.10. The van der Waals surface area contributed by atoms with Gasteiger partial charge in [-0.2, -0.15) is 5.10 Å². The summed E-state index contributed by atoms with van der Waals surface area (Å²) < 4.78 is 13.0. The number of methoxy groups -OCH3 is 2. The number of hydrogen-bond donors (Lipinski definition) is 0. The van der Waals surface area contributed by atoms with E-state index in [-0.39, 0.29) is 5.78 Å². The van der Waals surface area contributed by atoms with Crippen LogP contribution in [0.25, 0.3) is 0 Å². The number of halogens is 1. The number of carbonyl (C=O) groups is 1. The third kappa shape index (κ3) is 2.95. The SMILES string of the molecule is CCCn1ncc(Br)c1C(=O)c1c(OC)cccc1OC. The molecule has 2 rings (SSSR count). The van der Waals surface area contributed by atoms with Gasteiger partial charge < -0.3 is 9.47 Å². The summed E-state index contributed by atoms with van der Waals surface area (Å²) in [6.45, 7) is 2.71. The average Bonchev–Trinajstić information content (AvgIpc) is 2.86. The Bertz CT molecular complexity index is 630. The highest BCUT2D eigenvalue weighted by Gasteiger charge is 2.25. The highest BCUT2D eigenvalue weighted by Crippen LogP contribution is 2.32. The lowest BCUT2D eigenvalue weighted by atomic mass is 10.1. The molecule has 0 fully saturated rings. The molecule has 0 N–H and O–H groups in total. The second-order valence-electron chi connectivity index (χ2n) is 4.43. The minimum absolute atomic E-state index is 0.179. The van der Waals surface area contributed by atoms with Crippen LogP contribution in [0.3, 0.4) is 0 Å². The van der Waals surface area contributed by atoms with E-state index >= 15 is 0 Å². The normalized spacial score (nSPS) is 10.5. The van der Waals surface area contributed by atoms with Gasteiger partial charge in [-0.1, -0.05) is 13.0 Å². The zero-order valence-corrected chi connectivity index (χ0v) is 13.8. The molecule has 0 aliphatic heterocycles. The Morgan fingerprint density at radius 2 is 1.90 bits per heavy atom. The summed E-state index contributed by atoms with van der Waals surface area (Å²) in [6.07, 6.45) is 2.52. The molecule has 6 heteroatoms. The van der Waals surface area contributed by atoms with Crippen molar-refractivity contribution >= 4 is 21.7 Å². The summed E-state index contributed by atoms with van der Waals surface area (Å²) in [7, 11) is 3.06. The quantitative estimate of drug-likeness (QED) is 0.748. The van der Waals surface area contributed by atoms with Gasteiger partial charge in [-0.15, -0.1) is 0 Å². The van der Waals surface area contributed by atoms with E-state index in [1.807, 2.05) is 6.92 Å². The Hall–Kier alpha value is -1.82. The first-order valence-electron chi connectivity index (χ1n) is 6.61. The van der Waals surface area contributed by atoms with Crippen LogP contribution in [0.5, 0.6) is 11.5 Å². The summed E-state index contributed by atoms with van der Waals surface area (Å²) in [5, 5.41) is 4.23. The number of rotatable bonds is 6. The lowest BCUT2D eigenvalue weighted by molar-refractivity contribution is 0.102. The van der Waals surface area contributed by atoms with Crippen LogP contribution in [-0.2, 0) is 6.54 Å². The number of aromatic nitrogens is 2. The molecule has 0 aliphatic carbocycles. The van der Waals surface area contributed by atoms with Gasteiger partial charge >= 0.3 is 0 Å². The van der Waals surface area contributed by atoms with Crippen molar-refractivity contribution in [2.75, 3.05) is 14.2 Å². The Morgan fingerprint density at radius 3 is 2.43 bits per heavy atom. The molecule has 0 radical (unpaired) electrons. The second kappa shape index (κ2) is 6.76. The van der Waals surface area contributed by atoms with E-state index in [4.69, 9.17) is 9.47 Å². The van der Waals surface area contributed by atoms with E-state index in [1.54, 1.807) is 29.1 Å². The van der Waals surface area contributed by atoms with Gasteiger partial charge in [-0.05, 0) is 34.5 Å². The molecule has 0 bridgehead atoms. The van der Waals surface area contributed by atoms with Crippen molar-refractivity contribution in [2.24, 2.45) is 0 Å². The van der Waals surface area contributed by atoms with Crippen molar-refractivity contribution in [2.45, 2.75) is 19.9 Å². The van der Waals surface area contributed by atoms with Crippen molar-refractivity contribution in [3.8, 4) is 11.5 Å². The fraction of sp³-hybridized carbons (Fsp3) is 0.333. The van der Waals surface area contributed by atoms with Gasteiger partial charge in [0.1, 0.15) is 22.8 Å². The minimum atomic E-state index is -0.179. The number of carbonyl (C=O) groups excluding carboxylic acids is 1. The Balaban J connectivity index is 2.57. The van der Waals surface area contributed by atoms with Gasteiger partial charge in [0, 0.05) is 6.54 Å². The van der Waals surface area contributed by atoms with Crippen LogP contribution in [0.2, 0.25) is 0 Å². The molecule has 1 heterocycles. The molecule has 0 saturated heterocycles. The number of ether oxygens (including phenoxy) is 2. The zero-order valence-electron chi connectivity index (χ0n) is 12.2. The highest BCUT2D eigenvalue weighted by atomic mass is 79.9. The van der Waals surface area contributed by atoms with Crippen molar-refractivity contribution in [3.63, 3.8) is 0 Å². The number of hydrogen-bond acceptors (Lipinski definition) is 4. The number of nitrogens with zero attached hydrogens (tertiary/aromatic N) is 2. The first-order chi connectivity index (χ1) is 10.1. The van der Waals surface area contributed by atoms with E-state index in [0.29, 0.717) is 33.8 Å². The maximum Gasteiger partial charge on any atom is 0.219 e. The van der Waals surface area contributed by atoms with Crippen LogP contribution in [0.4, 0.5) is 0 Å². The summed E-state index contributed by atoms with van der Waals surface area (Å²) in [5.74, 6) is 0.785. The third-order valence-electron chi connectivity index (χ3n) is 3.10. The number of aryl methyl sites for hydroxylation is 1. The van der Waals surface area contributed by atoms with E-state index in [2.05, 4.69) is 21.0 Å². The van der Waals surface area contributed by atoms with Crippen LogP contribution in [0.1, 0.15) is 29.4 Å². The van der Waals surface area contributed by atoms with Crippen LogP contribution in [-0.4, -0.2) is 29.8 Å². The van der Waals surface area contributed by atoms with Gasteiger partial charge in [-0.25, -0.2) is 0 Å². The maximum absolute atomic E-state index is 12.9. The molecule has 0 aliphatic rings. The van der Waals surface area contributed by atoms with Crippen molar-refractivity contribution in [1.29, 1.82) is 0 Å². The van der Waals surface area contributed by atoms with Crippen molar-refractivity contribution < 1.29 is 14.3 Å². The summed E-state index contributed by atoms with van der Waals surface area (Å²) in [5.41, 5.74) is 0.903. The topological polar surface area (TPSA) is 53.4 Å². The molecule has 0 unspecified atom stereocenters. The van der Waals surface area contributed by atoms with E-state index in [1.165, 1.54) is 14.2 Å². The molecule has 21 heavy (non-hydrogen) atoms. The fourth-order valence-corrected chi connectivity index (χ4v) is 2.64. The zero-order chi connectivity index (χ0) is 15.4. The molecule has 0 spiro atoms. The molecular formula is C15H17BrN2O3. The molecule has 5 nitrogen and oxygen atoms in total. The molecule has 0 atom stereocenters. The monoisotopic (exact) mass is 352 g/mol. The van der Waals surface area contributed by atoms with E-state index in [9.17, 15) is 4.79 Å². The smallest absolute Gasteiger partial charge is 0.219 e. The number of benzene rings is 1. The summed E-state index contributed by atoms with van der Waals surface area (Å²) >= 11 is 3.39. The van der Waals surface area contributed by atoms with Crippen molar-refractivity contribution in [3.05, 3.63) is 40.1 Å². The molecule has 112 valence electrons. The van der Waals surface area contributed by atoms with Crippen LogP contribution in [0, 0.1) is 0 Å². The van der Waals surface area contributed by atoms with Crippen LogP contribution in [0.15, 0.2) is 28.9 Å². The lowest BCUT2D eigenvalue weighted by Crippen LogP contribution is -2.14. The van der Waals surface area contributed by atoms with E-state index in [0.717, 1.165) is 6.42 Å². The molecular weight excluding hydrogens is 336 g/mol.